The third-order valence-corrected chi connectivity index (χ3v) is 4.09. The molecule has 124 valence electrons. The maximum atomic E-state index is 12.3. The molecule has 1 aromatic rings. The van der Waals surface area contributed by atoms with Gasteiger partial charge in [-0.15, -0.1) is 0 Å². The van der Waals surface area contributed by atoms with Crippen LogP contribution in [0.1, 0.15) is 36.0 Å². The van der Waals surface area contributed by atoms with E-state index in [-0.39, 0.29) is 5.78 Å². The normalized spacial score (nSPS) is 15.4. The summed E-state index contributed by atoms with van der Waals surface area (Å²) in [6, 6.07) is 3.32. The Kier molecular flexibility index (Phi) is 6.27. The molecule has 4 nitrogen and oxygen atoms in total. The van der Waals surface area contributed by atoms with Gasteiger partial charge in [-0.25, -0.2) is 0 Å². The summed E-state index contributed by atoms with van der Waals surface area (Å²) in [5, 5.41) is 0. The van der Waals surface area contributed by atoms with E-state index in [1.165, 1.54) is 47.0 Å². The zero-order valence-electron chi connectivity index (χ0n) is 14.0. The molecular formula is C19H24O4. The highest BCUT2D eigenvalue weighted by Gasteiger charge is 2.15. The molecule has 0 saturated heterocycles. The summed E-state index contributed by atoms with van der Waals surface area (Å²) >= 11 is 0. The summed E-state index contributed by atoms with van der Waals surface area (Å²) in [5.74, 6) is 2.00. The van der Waals surface area contributed by atoms with Crippen LogP contribution in [-0.2, 0) is 0 Å². The molecule has 1 aromatic carbocycles. The lowest BCUT2D eigenvalue weighted by Crippen LogP contribution is -2.00. The zero-order valence-corrected chi connectivity index (χ0v) is 14.0. The van der Waals surface area contributed by atoms with Crippen molar-refractivity contribution in [3.8, 4) is 17.2 Å². The number of methoxy groups -OCH3 is 3. The molecule has 0 bridgehead atoms. The summed E-state index contributed by atoms with van der Waals surface area (Å²) in [6.45, 7) is 0. The van der Waals surface area contributed by atoms with Crippen LogP contribution in [-0.4, -0.2) is 27.1 Å². The lowest BCUT2D eigenvalue weighted by atomic mass is 10.1. The van der Waals surface area contributed by atoms with Gasteiger partial charge in [-0.2, -0.15) is 0 Å². The van der Waals surface area contributed by atoms with Crippen molar-refractivity contribution in [3.05, 3.63) is 42.0 Å². The van der Waals surface area contributed by atoms with Crippen LogP contribution in [0.3, 0.4) is 0 Å². The van der Waals surface area contributed by atoms with Crippen molar-refractivity contribution >= 4 is 5.78 Å². The molecule has 1 fully saturated rings. The molecule has 0 atom stereocenters. The third kappa shape index (κ3) is 4.38. The first kappa shape index (κ1) is 17.1. The van der Waals surface area contributed by atoms with Gasteiger partial charge in [0.2, 0.25) is 5.75 Å². The fourth-order valence-electron chi connectivity index (χ4n) is 2.83. The Morgan fingerprint density at radius 3 is 2.13 bits per heavy atom. The third-order valence-electron chi connectivity index (χ3n) is 4.09. The van der Waals surface area contributed by atoms with Crippen LogP contribution in [0.4, 0.5) is 0 Å². The Morgan fingerprint density at radius 2 is 1.61 bits per heavy atom. The summed E-state index contributed by atoms with van der Waals surface area (Å²) in [4.78, 5) is 12.3. The fourth-order valence-corrected chi connectivity index (χ4v) is 2.83. The largest absolute Gasteiger partial charge is 0.493 e. The van der Waals surface area contributed by atoms with Gasteiger partial charge in [0.15, 0.2) is 17.3 Å². The molecule has 23 heavy (non-hydrogen) atoms. The number of carbonyl (C=O) groups is 1. The van der Waals surface area contributed by atoms with Gasteiger partial charge in [0.05, 0.1) is 21.3 Å². The minimum absolute atomic E-state index is 0.0969. The van der Waals surface area contributed by atoms with Crippen molar-refractivity contribution in [3.63, 3.8) is 0 Å². The molecule has 4 heteroatoms. The average molecular weight is 316 g/mol. The van der Waals surface area contributed by atoms with E-state index in [1.807, 2.05) is 6.08 Å². The van der Waals surface area contributed by atoms with Crippen molar-refractivity contribution in [2.24, 2.45) is 5.92 Å². The number of ether oxygens (including phenoxy) is 3. The van der Waals surface area contributed by atoms with Crippen LogP contribution in [0.2, 0.25) is 0 Å². The Labute approximate surface area is 137 Å². The molecule has 1 aliphatic carbocycles. The number of carbonyl (C=O) groups excluding carboxylic acids is 1. The van der Waals surface area contributed by atoms with Gasteiger partial charge >= 0.3 is 0 Å². The van der Waals surface area contributed by atoms with E-state index in [0.717, 1.165) is 0 Å². The van der Waals surface area contributed by atoms with Gasteiger partial charge in [-0.05, 0) is 37.0 Å². The summed E-state index contributed by atoms with van der Waals surface area (Å²) in [6.07, 6.45) is 12.6. The molecule has 1 aliphatic rings. The predicted molar refractivity (Wildman–Crippen MR) is 90.7 cm³/mol. The Bertz CT molecular complexity index is 570. The highest BCUT2D eigenvalue weighted by molar-refractivity contribution is 6.05. The SMILES string of the molecule is COc1cc(C(=O)C=CC=CC2CCCC2)cc(OC)c1OC. The van der Waals surface area contributed by atoms with E-state index in [4.69, 9.17) is 14.2 Å². The Morgan fingerprint density at radius 1 is 1.00 bits per heavy atom. The van der Waals surface area contributed by atoms with Gasteiger partial charge in [0.25, 0.3) is 0 Å². The Hall–Kier alpha value is -2.23. The minimum Gasteiger partial charge on any atom is -0.493 e. The second-order valence-corrected chi connectivity index (χ2v) is 5.57. The average Bonchev–Trinajstić information content (AvgIpc) is 3.10. The van der Waals surface area contributed by atoms with Gasteiger partial charge in [-0.3, -0.25) is 4.79 Å². The smallest absolute Gasteiger partial charge is 0.203 e. The van der Waals surface area contributed by atoms with Crippen LogP contribution < -0.4 is 14.2 Å². The highest BCUT2D eigenvalue weighted by Crippen LogP contribution is 2.38. The van der Waals surface area contributed by atoms with Crippen molar-refractivity contribution in [2.45, 2.75) is 25.7 Å². The second-order valence-electron chi connectivity index (χ2n) is 5.57. The quantitative estimate of drug-likeness (QED) is 0.430. The maximum absolute atomic E-state index is 12.3. The first-order chi connectivity index (χ1) is 11.2. The molecule has 2 rings (SSSR count). The summed E-state index contributed by atoms with van der Waals surface area (Å²) in [5.41, 5.74) is 0.505. The topological polar surface area (TPSA) is 44.8 Å². The van der Waals surface area contributed by atoms with Crippen LogP contribution in [0.5, 0.6) is 17.2 Å². The number of ketones is 1. The number of allylic oxidation sites excluding steroid dienone is 4. The van der Waals surface area contributed by atoms with E-state index in [0.29, 0.717) is 28.7 Å². The predicted octanol–water partition coefficient (Wildman–Crippen LogP) is 4.20. The van der Waals surface area contributed by atoms with Crippen LogP contribution >= 0.6 is 0 Å². The second kappa shape index (κ2) is 8.42. The van der Waals surface area contributed by atoms with E-state index < -0.39 is 0 Å². The summed E-state index contributed by atoms with van der Waals surface area (Å²) in [7, 11) is 4.60. The van der Waals surface area contributed by atoms with E-state index in [1.54, 1.807) is 24.3 Å². The molecule has 0 N–H and O–H groups in total. The molecule has 0 radical (unpaired) electrons. The molecule has 0 aromatic heterocycles. The van der Waals surface area contributed by atoms with Gasteiger partial charge in [-0.1, -0.05) is 31.1 Å². The van der Waals surface area contributed by atoms with Crippen molar-refractivity contribution in [1.29, 1.82) is 0 Å². The lowest BCUT2D eigenvalue weighted by Gasteiger charge is -2.13. The van der Waals surface area contributed by atoms with Gasteiger partial charge < -0.3 is 14.2 Å². The minimum atomic E-state index is -0.0969. The molecular weight excluding hydrogens is 292 g/mol. The highest BCUT2D eigenvalue weighted by atomic mass is 16.5. The molecule has 1 saturated carbocycles. The first-order valence-corrected chi connectivity index (χ1v) is 7.88. The molecule has 0 unspecified atom stereocenters. The fraction of sp³-hybridized carbons (Fsp3) is 0.421. The lowest BCUT2D eigenvalue weighted by molar-refractivity contribution is 0.104. The van der Waals surface area contributed by atoms with Crippen LogP contribution in [0, 0.1) is 5.92 Å². The first-order valence-electron chi connectivity index (χ1n) is 7.88. The molecule has 0 heterocycles. The number of hydrogen-bond donors (Lipinski definition) is 0. The monoisotopic (exact) mass is 316 g/mol. The standard InChI is InChI=1S/C19H24O4/c1-21-17-12-15(13-18(22-2)19(17)23-3)16(20)11-7-6-10-14-8-4-5-9-14/h6-7,10-14H,4-5,8-9H2,1-3H3. The number of benzene rings is 1. The molecule has 0 aliphatic heterocycles. The van der Waals surface area contributed by atoms with Crippen molar-refractivity contribution < 1.29 is 19.0 Å². The molecule has 0 amide bonds. The molecule has 0 spiro atoms. The Balaban J connectivity index is 2.11. The van der Waals surface area contributed by atoms with E-state index in [9.17, 15) is 4.79 Å². The van der Waals surface area contributed by atoms with Crippen LogP contribution in [0.15, 0.2) is 36.4 Å². The van der Waals surface area contributed by atoms with E-state index >= 15 is 0 Å². The number of hydrogen-bond acceptors (Lipinski definition) is 4. The van der Waals surface area contributed by atoms with Crippen molar-refractivity contribution in [2.75, 3.05) is 21.3 Å². The van der Waals surface area contributed by atoms with Gasteiger partial charge in [0.1, 0.15) is 0 Å². The maximum Gasteiger partial charge on any atom is 0.203 e. The van der Waals surface area contributed by atoms with Crippen LogP contribution in [0.25, 0.3) is 0 Å². The van der Waals surface area contributed by atoms with Crippen molar-refractivity contribution in [1.82, 2.24) is 0 Å². The van der Waals surface area contributed by atoms with E-state index in [2.05, 4.69) is 6.08 Å². The van der Waals surface area contributed by atoms with Gasteiger partial charge in [0, 0.05) is 5.56 Å². The number of rotatable bonds is 7. The zero-order chi connectivity index (χ0) is 16.7. The summed E-state index contributed by atoms with van der Waals surface area (Å²) < 4.78 is 15.8.